The number of nitrogens with two attached hydrogens (primary N) is 1. The molecule has 1 aliphatic heterocycles. The number of hydrogen-bond donors (Lipinski definition) is 1. The number of anilines is 1. The largest absolute Gasteiger partial charge is 0.573 e. The van der Waals surface area contributed by atoms with Gasteiger partial charge < -0.3 is 9.64 Å². The second-order valence-electron chi connectivity index (χ2n) is 7.24. The average Bonchev–Trinajstić information content (AvgIpc) is 3.06. The lowest BCUT2D eigenvalue weighted by Gasteiger charge is -2.39. The number of hydrogen-bond acceptors (Lipinski definition) is 6. The highest BCUT2D eigenvalue weighted by atomic mass is 32.2. The molecular weight excluding hydrogens is 409 g/mol. The number of ether oxygens (including phenoxy) is 1. The quantitative estimate of drug-likeness (QED) is 0.804. The summed E-state index contributed by atoms with van der Waals surface area (Å²) in [4.78, 5) is 10.6. The smallest absolute Gasteiger partial charge is 0.404 e. The van der Waals surface area contributed by atoms with Crippen LogP contribution in [0.25, 0.3) is 11.3 Å². The van der Waals surface area contributed by atoms with Crippen molar-refractivity contribution in [2.24, 2.45) is 5.14 Å². The van der Waals surface area contributed by atoms with Crippen LogP contribution in [0.5, 0.6) is 5.75 Å². The number of nitrogens with zero attached hydrogens (tertiary/aromatic N) is 3. The summed E-state index contributed by atoms with van der Waals surface area (Å²) in [6, 6.07) is 3.70. The molecule has 11 heteroatoms. The fourth-order valence-electron chi connectivity index (χ4n) is 3.69. The number of halogens is 3. The molecule has 0 amide bonds. The number of sulfonamides is 1. The molecule has 156 valence electrons. The van der Waals surface area contributed by atoms with Gasteiger partial charge in [0.1, 0.15) is 10.6 Å². The Bertz CT molecular complexity index is 1070. The van der Waals surface area contributed by atoms with Crippen LogP contribution >= 0.6 is 0 Å². The molecule has 0 bridgehead atoms. The van der Waals surface area contributed by atoms with Crippen molar-refractivity contribution in [1.82, 2.24) is 9.97 Å². The average molecular weight is 428 g/mol. The van der Waals surface area contributed by atoms with Crippen molar-refractivity contribution < 1.29 is 26.3 Å². The zero-order valence-corrected chi connectivity index (χ0v) is 16.3. The second-order valence-corrected chi connectivity index (χ2v) is 8.77. The van der Waals surface area contributed by atoms with Gasteiger partial charge in [-0.25, -0.2) is 23.5 Å². The Morgan fingerprint density at radius 3 is 2.59 bits per heavy atom. The van der Waals surface area contributed by atoms with Gasteiger partial charge in [0.25, 0.3) is 0 Å². The highest BCUT2D eigenvalue weighted by Gasteiger charge is 2.34. The number of aromatic nitrogens is 2. The topological polar surface area (TPSA) is 98.4 Å². The zero-order chi connectivity index (χ0) is 21.0. The third kappa shape index (κ3) is 3.88. The van der Waals surface area contributed by atoms with Crippen LogP contribution in [0.15, 0.2) is 23.1 Å². The van der Waals surface area contributed by atoms with E-state index in [9.17, 15) is 21.6 Å². The number of fused-ring (bicyclic) bond motifs is 1. The van der Waals surface area contributed by atoms with Crippen LogP contribution < -0.4 is 14.8 Å². The summed E-state index contributed by atoms with van der Waals surface area (Å²) in [5, 5.41) is 5.15. The first-order valence-corrected chi connectivity index (χ1v) is 10.7. The van der Waals surface area contributed by atoms with E-state index in [4.69, 9.17) is 5.14 Å². The fraction of sp³-hybridized carbons (Fsp3) is 0.444. The Hall–Kier alpha value is -2.40. The number of alkyl halides is 3. The molecule has 4 rings (SSSR count). The molecule has 1 aromatic heterocycles. The Balaban J connectivity index is 1.85. The standard InChI is InChI=1S/C18H19F3N4O3S/c1-10-7-8-25(10)17-23-13-4-2-3-12(13)16(24-17)11-5-6-14(28-18(19,20)21)15(9-11)29(22,26)27/h5-6,9-10H,2-4,7-8H2,1H3,(H2,22,26,27)/t10-/m0/s1. The monoisotopic (exact) mass is 428 g/mol. The highest BCUT2D eigenvalue weighted by Crippen LogP contribution is 2.37. The molecule has 1 saturated heterocycles. The number of benzene rings is 1. The number of rotatable bonds is 4. The summed E-state index contributed by atoms with van der Waals surface area (Å²) in [5.41, 5.74) is 2.65. The first-order chi connectivity index (χ1) is 13.5. The van der Waals surface area contributed by atoms with E-state index in [1.165, 1.54) is 6.07 Å². The van der Waals surface area contributed by atoms with Crippen LogP contribution in [0.2, 0.25) is 0 Å². The zero-order valence-electron chi connectivity index (χ0n) is 15.5. The van der Waals surface area contributed by atoms with E-state index in [-0.39, 0.29) is 0 Å². The molecule has 1 aliphatic carbocycles. The predicted octanol–water partition coefficient (Wildman–Crippen LogP) is 2.78. The third-order valence-corrected chi connectivity index (χ3v) is 6.18. The molecule has 0 unspecified atom stereocenters. The molecule has 1 fully saturated rings. The van der Waals surface area contributed by atoms with Gasteiger partial charge in [-0.15, -0.1) is 13.2 Å². The minimum atomic E-state index is -5.04. The lowest BCUT2D eigenvalue weighted by atomic mass is 10.0. The van der Waals surface area contributed by atoms with Crippen LogP contribution in [0.4, 0.5) is 19.1 Å². The first kappa shape index (κ1) is 19.9. The SMILES string of the molecule is C[C@H]1CCN1c1nc2c(c(-c3ccc(OC(F)(F)F)c(S(N)(=O)=O)c3)n1)CCC2. The maximum Gasteiger partial charge on any atom is 0.573 e. The van der Waals surface area contributed by atoms with Crippen molar-refractivity contribution in [1.29, 1.82) is 0 Å². The summed E-state index contributed by atoms with van der Waals surface area (Å²) in [6.07, 6.45) is -1.65. The van der Waals surface area contributed by atoms with E-state index in [0.29, 0.717) is 29.7 Å². The highest BCUT2D eigenvalue weighted by molar-refractivity contribution is 7.89. The maximum absolute atomic E-state index is 12.7. The summed E-state index contributed by atoms with van der Waals surface area (Å²) < 4.78 is 65.6. The minimum Gasteiger partial charge on any atom is -0.404 e. The van der Waals surface area contributed by atoms with Gasteiger partial charge in [-0.3, -0.25) is 0 Å². The lowest BCUT2D eigenvalue weighted by molar-refractivity contribution is -0.275. The van der Waals surface area contributed by atoms with Gasteiger partial charge in [0, 0.05) is 29.4 Å². The van der Waals surface area contributed by atoms with E-state index in [1.807, 2.05) is 4.90 Å². The van der Waals surface area contributed by atoms with E-state index in [2.05, 4.69) is 21.6 Å². The van der Waals surface area contributed by atoms with Gasteiger partial charge in [0.05, 0.1) is 5.69 Å². The van der Waals surface area contributed by atoms with Crippen LogP contribution in [-0.2, 0) is 22.9 Å². The van der Waals surface area contributed by atoms with E-state index < -0.39 is 27.0 Å². The van der Waals surface area contributed by atoms with Crippen LogP contribution in [0.1, 0.15) is 31.0 Å². The maximum atomic E-state index is 12.7. The molecule has 1 aromatic carbocycles. The van der Waals surface area contributed by atoms with Gasteiger partial charge in [-0.05, 0) is 50.8 Å². The Labute approximate surface area is 165 Å². The van der Waals surface area contributed by atoms with Gasteiger partial charge in [-0.1, -0.05) is 0 Å². The van der Waals surface area contributed by atoms with E-state index in [1.54, 1.807) is 0 Å². The molecular formula is C18H19F3N4O3S. The molecule has 2 N–H and O–H groups in total. The normalized spacial score (nSPS) is 19.1. The summed E-state index contributed by atoms with van der Waals surface area (Å²) in [7, 11) is -4.46. The van der Waals surface area contributed by atoms with E-state index in [0.717, 1.165) is 49.2 Å². The third-order valence-electron chi connectivity index (χ3n) is 5.25. The van der Waals surface area contributed by atoms with Crippen LogP contribution in [0, 0.1) is 0 Å². The summed E-state index contributed by atoms with van der Waals surface area (Å²) in [5.74, 6) is -0.321. The second kappa shape index (κ2) is 6.84. The summed E-state index contributed by atoms with van der Waals surface area (Å²) >= 11 is 0. The molecule has 0 saturated carbocycles. The molecule has 2 aromatic rings. The fourth-order valence-corrected chi connectivity index (χ4v) is 4.37. The Morgan fingerprint density at radius 2 is 2.00 bits per heavy atom. The molecule has 0 spiro atoms. The van der Waals surface area contributed by atoms with Gasteiger partial charge in [0.15, 0.2) is 0 Å². The number of aryl methyl sites for hydroxylation is 1. The Morgan fingerprint density at radius 1 is 1.24 bits per heavy atom. The molecule has 2 heterocycles. The molecule has 29 heavy (non-hydrogen) atoms. The molecule has 7 nitrogen and oxygen atoms in total. The van der Waals surface area contributed by atoms with Crippen molar-refractivity contribution >= 4 is 16.0 Å². The van der Waals surface area contributed by atoms with Gasteiger partial charge in [-0.2, -0.15) is 0 Å². The minimum absolute atomic E-state index is 0.296. The van der Waals surface area contributed by atoms with E-state index >= 15 is 0 Å². The molecule has 2 aliphatic rings. The van der Waals surface area contributed by atoms with Crippen LogP contribution in [0.3, 0.4) is 0 Å². The molecule has 1 atom stereocenters. The summed E-state index contributed by atoms with van der Waals surface area (Å²) in [6.45, 7) is 2.88. The Kier molecular flexibility index (Phi) is 4.69. The first-order valence-electron chi connectivity index (χ1n) is 9.12. The van der Waals surface area contributed by atoms with Crippen LogP contribution in [-0.4, -0.2) is 37.3 Å². The van der Waals surface area contributed by atoms with Crippen molar-refractivity contribution in [3.05, 3.63) is 29.5 Å². The van der Waals surface area contributed by atoms with Gasteiger partial charge >= 0.3 is 6.36 Å². The van der Waals surface area contributed by atoms with Gasteiger partial charge in [0.2, 0.25) is 16.0 Å². The van der Waals surface area contributed by atoms with Crippen molar-refractivity contribution in [3.63, 3.8) is 0 Å². The molecule has 0 radical (unpaired) electrons. The van der Waals surface area contributed by atoms with Crippen molar-refractivity contribution in [3.8, 4) is 17.0 Å². The number of primary sulfonamides is 1. The van der Waals surface area contributed by atoms with Crippen molar-refractivity contribution in [2.45, 2.75) is 49.9 Å². The predicted molar refractivity (Wildman–Crippen MR) is 99.0 cm³/mol. The van der Waals surface area contributed by atoms with Crippen molar-refractivity contribution in [2.75, 3.05) is 11.4 Å². The lowest BCUT2D eigenvalue weighted by Crippen LogP contribution is -2.46.